The number of hydrogen-bond acceptors (Lipinski definition) is 2. The quantitative estimate of drug-likeness (QED) is 0.696. The molecule has 12 heavy (non-hydrogen) atoms. The van der Waals surface area contributed by atoms with Gasteiger partial charge in [0.25, 0.3) is 0 Å². The van der Waals surface area contributed by atoms with Crippen LogP contribution in [-0.4, -0.2) is 5.75 Å². The second-order valence-electron chi connectivity index (χ2n) is 2.93. The number of fused-ring (bicyclic) bond motifs is 1. The maximum Gasteiger partial charge on any atom is 0.0417 e. The fraction of sp³-hybridized carbons (Fsp3) is 0.333. The molecule has 0 saturated heterocycles. The van der Waals surface area contributed by atoms with Gasteiger partial charge in [-0.05, 0) is 29.9 Å². The van der Waals surface area contributed by atoms with Crippen molar-refractivity contribution in [1.29, 1.82) is 0 Å². The highest BCUT2D eigenvalue weighted by molar-refractivity contribution is 7.99. The van der Waals surface area contributed by atoms with Crippen LogP contribution in [0.3, 0.4) is 0 Å². The largest absolute Gasteiger partial charge is 0.324 e. The van der Waals surface area contributed by atoms with Gasteiger partial charge in [0.2, 0.25) is 0 Å². The Hall–Kier alpha value is -0.180. The van der Waals surface area contributed by atoms with E-state index in [1.165, 1.54) is 10.5 Å². The minimum atomic E-state index is 0.207. The van der Waals surface area contributed by atoms with Crippen molar-refractivity contribution >= 4 is 23.4 Å². The molecule has 0 saturated carbocycles. The normalized spacial score (nSPS) is 22.0. The highest BCUT2D eigenvalue weighted by Crippen LogP contribution is 2.36. The first-order valence-corrected chi connectivity index (χ1v) is 5.31. The lowest BCUT2D eigenvalue weighted by atomic mass is 10.1. The topological polar surface area (TPSA) is 26.0 Å². The zero-order valence-corrected chi connectivity index (χ0v) is 8.16. The molecule has 1 aromatic rings. The van der Waals surface area contributed by atoms with Crippen LogP contribution in [0.15, 0.2) is 23.1 Å². The smallest absolute Gasteiger partial charge is 0.0417 e. The molecule has 2 rings (SSSR count). The highest BCUT2D eigenvalue weighted by atomic mass is 35.5. The highest BCUT2D eigenvalue weighted by Gasteiger charge is 2.16. The van der Waals surface area contributed by atoms with E-state index in [0.717, 1.165) is 17.2 Å². The molecule has 1 aromatic carbocycles. The first kappa shape index (κ1) is 8.42. The predicted molar refractivity (Wildman–Crippen MR) is 53.7 cm³/mol. The van der Waals surface area contributed by atoms with E-state index in [9.17, 15) is 0 Å². The van der Waals surface area contributed by atoms with Crippen LogP contribution in [-0.2, 0) is 0 Å². The molecule has 0 aliphatic carbocycles. The third kappa shape index (κ3) is 1.47. The van der Waals surface area contributed by atoms with Crippen LogP contribution in [0.25, 0.3) is 0 Å². The Balaban J connectivity index is 2.46. The maximum absolute atomic E-state index is 5.94. The van der Waals surface area contributed by atoms with E-state index in [1.807, 2.05) is 30.0 Å². The van der Waals surface area contributed by atoms with Gasteiger partial charge in [0, 0.05) is 16.0 Å². The van der Waals surface area contributed by atoms with Gasteiger partial charge in [0.15, 0.2) is 0 Å². The number of thioether (sulfide) groups is 1. The van der Waals surface area contributed by atoms with Gasteiger partial charge in [-0.25, -0.2) is 0 Å². The number of halogens is 1. The maximum atomic E-state index is 5.94. The Morgan fingerprint density at radius 2 is 2.33 bits per heavy atom. The number of hydrogen-bond donors (Lipinski definition) is 1. The van der Waals surface area contributed by atoms with E-state index in [0.29, 0.717) is 0 Å². The molecule has 1 atom stereocenters. The van der Waals surface area contributed by atoms with Crippen molar-refractivity contribution in [3.05, 3.63) is 28.8 Å². The Bertz CT molecular complexity index is 301. The summed E-state index contributed by atoms with van der Waals surface area (Å²) in [7, 11) is 0. The minimum absolute atomic E-state index is 0.207. The Morgan fingerprint density at radius 1 is 1.50 bits per heavy atom. The first-order valence-electron chi connectivity index (χ1n) is 3.95. The molecular formula is C9H10ClNS. The van der Waals surface area contributed by atoms with Gasteiger partial charge in [-0.1, -0.05) is 17.7 Å². The van der Waals surface area contributed by atoms with Gasteiger partial charge >= 0.3 is 0 Å². The van der Waals surface area contributed by atoms with E-state index in [-0.39, 0.29) is 6.04 Å². The molecule has 64 valence electrons. The van der Waals surface area contributed by atoms with Crippen molar-refractivity contribution in [3.63, 3.8) is 0 Å². The number of rotatable bonds is 0. The molecular weight excluding hydrogens is 190 g/mol. The summed E-state index contributed by atoms with van der Waals surface area (Å²) in [5, 5.41) is 0.801. The van der Waals surface area contributed by atoms with Crippen LogP contribution < -0.4 is 5.73 Å². The van der Waals surface area contributed by atoms with E-state index in [1.54, 1.807) is 0 Å². The average molecular weight is 200 g/mol. The van der Waals surface area contributed by atoms with Crippen molar-refractivity contribution in [1.82, 2.24) is 0 Å². The van der Waals surface area contributed by atoms with Crippen LogP contribution >= 0.6 is 23.4 Å². The summed E-state index contributed by atoms with van der Waals surface area (Å²) in [6.45, 7) is 0. The summed E-state index contributed by atoms with van der Waals surface area (Å²) >= 11 is 7.71. The van der Waals surface area contributed by atoms with Crippen molar-refractivity contribution in [3.8, 4) is 0 Å². The van der Waals surface area contributed by atoms with Crippen molar-refractivity contribution in [2.75, 3.05) is 5.75 Å². The third-order valence-corrected chi connectivity index (χ3v) is 3.40. The molecule has 0 amide bonds. The van der Waals surface area contributed by atoms with Crippen LogP contribution in [0, 0.1) is 0 Å². The molecule has 0 spiro atoms. The van der Waals surface area contributed by atoms with Gasteiger partial charge in [0.05, 0.1) is 0 Å². The fourth-order valence-corrected chi connectivity index (χ4v) is 2.82. The van der Waals surface area contributed by atoms with Crippen LogP contribution in [0.1, 0.15) is 18.0 Å². The predicted octanol–water partition coefficient (Wildman–Crippen LogP) is 2.84. The number of benzene rings is 1. The summed E-state index contributed by atoms with van der Waals surface area (Å²) in [6.07, 6.45) is 1.07. The monoisotopic (exact) mass is 199 g/mol. The van der Waals surface area contributed by atoms with E-state index >= 15 is 0 Å². The van der Waals surface area contributed by atoms with Gasteiger partial charge in [0.1, 0.15) is 0 Å². The molecule has 1 aliphatic rings. The lowest BCUT2D eigenvalue weighted by molar-refractivity contribution is 0.680. The molecule has 2 N–H and O–H groups in total. The van der Waals surface area contributed by atoms with E-state index in [4.69, 9.17) is 17.3 Å². The van der Waals surface area contributed by atoms with E-state index < -0.39 is 0 Å². The average Bonchev–Trinajstić information content (AvgIpc) is 2.04. The molecule has 3 heteroatoms. The second kappa shape index (κ2) is 3.29. The molecule has 0 radical (unpaired) electrons. The lowest BCUT2D eigenvalue weighted by Gasteiger charge is -2.21. The van der Waals surface area contributed by atoms with E-state index in [2.05, 4.69) is 0 Å². The molecule has 0 bridgehead atoms. The van der Waals surface area contributed by atoms with Gasteiger partial charge in [-0.2, -0.15) is 0 Å². The van der Waals surface area contributed by atoms with Crippen molar-refractivity contribution < 1.29 is 0 Å². The first-order chi connectivity index (χ1) is 5.77. The fourth-order valence-electron chi connectivity index (χ4n) is 1.39. The Kier molecular flexibility index (Phi) is 2.31. The standard InChI is InChI=1S/C9H10ClNS/c10-6-1-2-7-8(11)3-4-12-9(7)5-6/h1-2,5,8H,3-4,11H2/t8-/m0/s1. The summed E-state index contributed by atoms with van der Waals surface area (Å²) in [4.78, 5) is 1.25. The molecule has 1 aliphatic heterocycles. The summed E-state index contributed by atoms with van der Waals surface area (Å²) in [5.74, 6) is 1.11. The third-order valence-electron chi connectivity index (χ3n) is 2.06. The molecule has 0 fully saturated rings. The summed E-state index contributed by atoms with van der Waals surface area (Å²) in [6, 6.07) is 6.15. The molecule has 1 heterocycles. The summed E-state index contributed by atoms with van der Waals surface area (Å²) < 4.78 is 0. The zero-order valence-electron chi connectivity index (χ0n) is 6.59. The van der Waals surface area contributed by atoms with Crippen LogP contribution in [0.2, 0.25) is 5.02 Å². The SMILES string of the molecule is N[C@H]1CCSc2cc(Cl)ccc21. The van der Waals surface area contributed by atoms with Gasteiger partial charge in [-0.3, -0.25) is 0 Å². The summed E-state index contributed by atoms with van der Waals surface area (Å²) in [5.41, 5.74) is 7.19. The lowest BCUT2D eigenvalue weighted by Crippen LogP contribution is -2.15. The van der Waals surface area contributed by atoms with Gasteiger partial charge in [-0.15, -0.1) is 11.8 Å². The zero-order chi connectivity index (χ0) is 8.55. The van der Waals surface area contributed by atoms with Crippen molar-refractivity contribution in [2.24, 2.45) is 5.73 Å². The molecule has 0 unspecified atom stereocenters. The Morgan fingerprint density at radius 3 is 3.17 bits per heavy atom. The van der Waals surface area contributed by atoms with Crippen LogP contribution in [0.4, 0.5) is 0 Å². The van der Waals surface area contributed by atoms with Gasteiger partial charge < -0.3 is 5.73 Å². The second-order valence-corrected chi connectivity index (χ2v) is 4.50. The Labute approximate surface area is 81.3 Å². The molecule has 0 aromatic heterocycles. The van der Waals surface area contributed by atoms with Crippen LogP contribution in [0.5, 0.6) is 0 Å². The molecule has 1 nitrogen and oxygen atoms in total. The number of nitrogens with two attached hydrogens (primary N) is 1. The minimum Gasteiger partial charge on any atom is -0.324 e. The van der Waals surface area contributed by atoms with Crippen molar-refractivity contribution in [2.45, 2.75) is 17.4 Å².